The molecule has 4 nitrogen and oxygen atoms in total. The van der Waals surface area contributed by atoms with Crippen molar-refractivity contribution in [3.8, 4) is 0 Å². The molecule has 1 saturated heterocycles. The molecule has 1 fully saturated rings. The number of pyridine rings is 1. The minimum atomic E-state index is 0.00614. The van der Waals surface area contributed by atoms with E-state index in [1.165, 1.54) is 12.8 Å². The Kier molecular flexibility index (Phi) is 3.72. The summed E-state index contributed by atoms with van der Waals surface area (Å²) in [5.74, 6) is 0. The van der Waals surface area contributed by atoms with Crippen molar-refractivity contribution in [2.45, 2.75) is 32.1 Å². The Morgan fingerprint density at radius 1 is 1.35 bits per heavy atom. The molecule has 1 aliphatic carbocycles. The number of hydrogen-bond acceptors (Lipinski definition) is 2. The van der Waals surface area contributed by atoms with E-state index in [0.717, 1.165) is 38.0 Å². The van der Waals surface area contributed by atoms with Crippen LogP contribution >= 0.6 is 0 Å². The molecule has 1 aromatic heterocycles. The first kappa shape index (κ1) is 13.2. The van der Waals surface area contributed by atoms with Gasteiger partial charge in [0.05, 0.1) is 11.9 Å². The van der Waals surface area contributed by atoms with E-state index >= 15 is 0 Å². The average Bonchev–Trinajstić information content (AvgIpc) is 2.49. The number of piperidine rings is 1. The van der Waals surface area contributed by atoms with E-state index in [4.69, 9.17) is 0 Å². The van der Waals surface area contributed by atoms with E-state index in [1.807, 2.05) is 17.0 Å². The Balaban J connectivity index is 1.64. The molecular weight excluding hydrogens is 250 g/mol. The molecule has 2 amide bonds. The number of allylic oxidation sites excluding steroid dienone is 2. The Morgan fingerprint density at radius 2 is 2.30 bits per heavy atom. The molecule has 1 aromatic rings. The van der Waals surface area contributed by atoms with Crippen LogP contribution in [0.1, 0.15) is 32.1 Å². The second-order valence-electron chi connectivity index (χ2n) is 5.91. The van der Waals surface area contributed by atoms with E-state index in [-0.39, 0.29) is 6.03 Å². The lowest BCUT2D eigenvalue weighted by Gasteiger charge is -2.43. The van der Waals surface area contributed by atoms with Crippen LogP contribution in [-0.2, 0) is 0 Å². The van der Waals surface area contributed by atoms with Crippen LogP contribution in [0, 0.1) is 5.41 Å². The van der Waals surface area contributed by atoms with Gasteiger partial charge >= 0.3 is 6.03 Å². The summed E-state index contributed by atoms with van der Waals surface area (Å²) in [4.78, 5) is 18.4. The molecule has 1 atom stereocenters. The molecular formula is C16H21N3O. The van der Waals surface area contributed by atoms with Gasteiger partial charge in [0, 0.05) is 19.3 Å². The van der Waals surface area contributed by atoms with Crippen LogP contribution in [0.3, 0.4) is 0 Å². The molecule has 0 unspecified atom stereocenters. The normalized spacial score (nSPS) is 25.7. The van der Waals surface area contributed by atoms with Crippen molar-refractivity contribution in [2.24, 2.45) is 5.41 Å². The molecule has 20 heavy (non-hydrogen) atoms. The Labute approximate surface area is 119 Å². The Bertz CT molecular complexity index is 500. The predicted molar refractivity (Wildman–Crippen MR) is 79.5 cm³/mol. The van der Waals surface area contributed by atoms with Gasteiger partial charge in [0.1, 0.15) is 0 Å². The van der Waals surface area contributed by atoms with Gasteiger partial charge in [0.2, 0.25) is 0 Å². The summed E-state index contributed by atoms with van der Waals surface area (Å²) < 4.78 is 0. The van der Waals surface area contributed by atoms with Crippen molar-refractivity contribution in [2.75, 3.05) is 18.4 Å². The summed E-state index contributed by atoms with van der Waals surface area (Å²) in [5, 5.41) is 2.94. The Hall–Kier alpha value is -1.84. The highest BCUT2D eigenvalue weighted by Crippen LogP contribution is 2.40. The van der Waals surface area contributed by atoms with Crippen LogP contribution in [0.4, 0.5) is 10.5 Å². The molecule has 0 aromatic carbocycles. The topological polar surface area (TPSA) is 45.2 Å². The molecule has 2 aliphatic rings. The number of carbonyl (C=O) groups excluding carboxylic acids is 1. The molecule has 1 spiro atoms. The smallest absolute Gasteiger partial charge is 0.321 e. The summed E-state index contributed by atoms with van der Waals surface area (Å²) in [6.45, 7) is 1.74. The van der Waals surface area contributed by atoms with Crippen LogP contribution in [-0.4, -0.2) is 29.0 Å². The minimum absolute atomic E-state index is 0.00614. The third kappa shape index (κ3) is 2.84. The summed E-state index contributed by atoms with van der Waals surface area (Å²) in [7, 11) is 0. The summed E-state index contributed by atoms with van der Waals surface area (Å²) in [5.41, 5.74) is 1.08. The number of urea groups is 1. The molecule has 0 saturated carbocycles. The van der Waals surface area contributed by atoms with E-state index in [9.17, 15) is 4.79 Å². The van der Waals surface area contributed by atoms with E-state index < -0.39 is 0 Å². The maximum absolute atomic E-state index is 12.4. The summed E-state index contributed by atoms with van der Waals surface area (Å²) >= 11 is 0. The van der Waals surface area contributed by atoms with Gasteiger partial charge < -0.3 is 10.2 Å². The molecule has 0 bridgehead atoms. The van der Waals surface area contributed by atoms with Crippen LogP contribution in [0.2, 0.25) is 0 Å². The number of nitrogens with zero attached hydrogens (tertiary/aromatic N) is 2. The molecule has 106 valence electrons. The number of hydrogen-bond donors (Lipinski definition) is 1. The van der Waals surface area contributed by atoms with Gasteiger partial charge in [-0.1, -0.05) is 12.2 Å². The summed E-state index contributed by atoms with van der Waals surface area (Å²) in [6, 6.07) is 3.71. The van der Waals surface area contributed by atoms with Crippen molar-refractivity contribution < 1.29 is 4.79 Å². The zero-order valence-corrected chi connectivity index (χ0v) is 11.7. The van der Waals surface area contributed by atoms with Gasteiger partial charge in [0.15, 0.2) is 0 Å². The van der Waals surface area contributed by atoms with Gasteiger partial charge in [-0.15, -0.1) is 0 Å². The molecule has 2 heterocycles. The summed E-state index contributed by atoms with van der Waals surface area (Å²) in [6.07, 6.45) is 13.8. The SMILES string of the molecule is O=C(Nc1cccnc1)N1CCC[C@@]2(CC=CCC2)C1. The highest BCUT2D eigenvalue weighted by Gasteiger charge is 2.36. The van der Waals surface area contributed by atoms with E-state index in [0.29, 0.717) is 5.41 Å². The third-order valence-electron chi connectivity index (χ3n) is 4.42. The van der Waals surface area contributed by atoms with Crippen LogP contribution < -0.4 is 5.32 Å². The highest BCUT2D eigenvalue weighted by atomic mass is 16.2. The fraction of sp³-hybridized carbons (Fsp3) is 0.500. The minimum Gasteiger partial charge on any atom is -0.324 e. The number of amides is 2. The standard InChI is InChI=1S/C16H21N3O/c20-15(18-14-6-4-10-17-12-14)19-11-5-9-16(13-19)7-2-1-3-8-16/h1-2,4,6,10,12H,3,5,7-9,11,13H2,(H,18,20)/t16-/m0/s1. The zero-order valence-electron chi connectivity index (χ0n) is 11.7. The van der Waals surface area contributed by atoms with Crippen molar-refractivity contribution in [3.05, 3.63) is 36.7 Å². The Morgan fingerprint density at radius 3 is 3.05 bits per heavy atom. The first-order chi connectivity index (χ1) is 9.77. The molecule has 3 rings (SSSR count). The van der Waals surface area contributed by atoms with Gasteiger partial charge in [-0.05, 0) is 49.7 Å². The maximum Gasteiger partial charge on any atom is 0.321 e. The molecule has 4 heteroatoms. The number of nitrogens with one attached hydrogen (secondary N) is 1. The number of anilines is 1. The van der Waals surface area contributed by atoms with Crippen LogP contribution in [0.15, 0.2) is 36.7 Å². The third-order valence-corrected chi connectivity index (χ3v) is 4.42. The molecule has 1 aliphatic heterocycles. The van der Waals surface area contributed by atoms with Crippen LogP contribution in [0.25, 0.3) is 0 Å². The highest BCUT2D eigenvalue weighted by molar-refractivity contribution is 5.89. The van der Waals surface area contributed by atoms with Crippen molar-refractivity contribution >= 4 is 11.7 Å². The van der Waals surface area contributed by atoms with Crippen LogP contribution in [0.5, 0.6) is 0 Å². The average molecular weight is 271 g/mol. The van der Waals surface area contributed by atoms with Crippen molar-refractivity contribution in [3.63, 3.8) is 0 Å². The van der Waals surface area contributed by atoms with Crippen molar-refractivity contribution in [1.82, 2.24) is 9.88 Å². The van der Waals surface area contributed by atoms with Gasteiger partial charge in [-0.3, -0.25) is 4.98 Å². The number of likely N-dealkylation sites (tertiary alicyclic amines) is 1. The quantitative estimate of drug-likeness (QED) is 0.795. The zero-order chi connectivity index (χ0) is 13.8. The lowest BCUT2D eigenvalue weighted by atomic mass is 9.71. The number of carbonyl (C=O) groups is 1. The molecule has 1 N–H and O–H groups in total. The van der Waals surface area contributed by atoms with Gasteiger partial charge in [0.25, 0.3) is 0 Å². The second kappa shape index (κ2) is 5.65. The first-order valence-corrected chi connectivity index (χ1v) is 7.38. The number of rotatable bonds is 1. The lowest BCUT2D eigenvalue weighted by Crippen LogP contribution is -2.48. The predicted octanol–water partition coefficient (Wildman–Crippen LogP) is 3.44. The number of aromatic nitrogens is 1. The monoisotopic (exact) mass is 271 g/mol. The fourth-order valence-corrected chi connectivity index (χ4v) is 3.33. The van der Waals surface area contributed by atoms with Crippen molar-refractivity contribution in [1.29, 1.82) is 0 Å². The molecule has 0 radical (unpaired) electrons. The largest absolute Gasteiger partial charge is 0.324 e. The second-order valence-corrected chi connectivity index (χ2v) is 5.91. The maximum atomic E-state index is 12.4. The van der Waals surface area contributed by atoms with E-state index in [1.54, 1.807) is 12.4 Å². The van der Waals surface area contributed by atoms with E-state index in [2.05, 4.69) is 22.5 Å². The van der Waals surface area contributed by atoms with Gasteiger partial charge in [-0.25, -0.2) is 4.79 Å². The fourth-order valence-electron chi connectivity index (χ4n) is 3.33. The van der Waals surface area contributed by atoms with Gasteiger partial charge in [-0.2, -0.15) is 0 Å². The first-order valence-electron chi connectivity index (χ1n) is 7.38. The lowest BCUT2D eigenvalue weighted by molar-refractivity contribution is 0.102.